The number of ether oxygens (including phenoxy) is 2. The number of hydrogen-bond donors (Lipinski definition) is 2. The Morgan fingerprint density at radius 1 is 1.32 bits per heavy atom. The van der Waals surface area contributed by atoms with Crippen LogP contribution >= 0.6 is 0 Å². The fourth-order valence-corrected chi connectivity index (χ4v) is 2.11. The number of carbonyl (C=O) groups is 1. The van der Waals surface area contributed by atoms with Crippen LogP contribution in [0.5, 0.6) is 11.5 Å². The molecule has 0 amide bonds. The molecular formula is C17H27NO4. The molecule has 22 heavy (non-hydrogen) atoms. The van der Waals surface area contributed by atoms with Crippen molar-refractivity contribution in [2.75, 3.05) is 13.7 Å². The molecule has 1 atom stereocenters. The van der Waals surface area contributed by atoms with E-state index in [0.29, 0.717) is 24.7 Å². The molecule has 0 fully saturated rings. The number of carboxylic acid groups (broad SMARTS) is 1. The van der Waals surface area contributed by atoms with Crippen LogP contribution in [0.15, 0.2) is 18.2 Å². The average Bonchev–Trinajstić information content (AvgIpc) is 2.47. The van der Waals surface area contributed by atoms with Crippen molar-refractivity contribution in [2.45, 2.75) is 46.2 Å². The number of benzene rings is 1. The lowest BCUT2D eigenvalue weighted by molar-refractivity contribution is -0.140. The van der Waals surface area contributed by atoms with Crippen LogP contribution in [-0.2, 0) is 11.3 Å². The molecule has 0 saturated heterocycles. The zero-order valence-electron chi connectivity index (χ0n) is 13.9. The van der Waals surface area contributed by atoms with Gasteiger partial charge in [0.2, 0.25) is 0 Å². The van der Waals surface area contributed by atoms with Crippen LogP contribution in [-0.4, -0.2) is 30.8 Å². The Balaban J connectivity index is 2.74. The molecule has 1 rings (SSSR count). The summed E-state index contributed by atoms with van der Waals surface area (Å²) in [4.78, 5) is 11.2. The second-order valence-electron chi connectivity index (χ2n) is 5.63. The molecule has 0 aliphatic rings. The minimum atomic E-state index is -0.831. The van der Waals surface area contributed by atoms with Gasteiger partial charge < -0.3 is 19.9 Å². The first-order chi connectivity index (χ1) is 10.5. The maximum absolute atomic E-state index is 11.2. The Morgan fingerprint density at radius 2 is 2.05 bits per heavy atom. The van der Waals surface area contributed by atoms with E-state index in [2.05, 4.69) is 12.2 Å². The van der Waals surface area contributed by atoms with Gasteiger partial charge in [0.25, 0.3) is 0 Å². The van der Waals surface area contributed by atoms with Crippen LogP contribution < -0.4 is 14.8 Å². The van der Waals surface area contributed by atoms with E-state index in [0.717, 1.165) is 18.4 Å². The minimum Gasteiger partial charge on any atom is -0.493 e. The van der Waals surface area contributed by atoms with Crippen molar-refractivity contribution in [1.82, 2.24) is 5.32 Å². The van der Waals surface area contributed by atoms with E-state index in [1.54, 1.807) is 7.11 Å². The highest BCUT2D eigenvalue weighted by molar-refractivity contribution is 5.73. The summed E-state index contributed by atoms with van der Waals surface area (Å²) in [6.45, 7) is 7.01. The highest BCUT2D eigenvalue weighted by Crippen LogP contribution is 2.28. The maximum atomic E-state index is 11.2. The van der Waals surface area contributed by atoms with Crippen LogP contribution in [0.3, 0.4) is 0 Å². The molecule has 0 spiro atoms. The van der Waals surface area contributed by atoms with Gasteiger partial charge in [0.1, 0.15) is 6.04 Å². The molecule has 0 bridgehead atoms. The van der Waals surface area contributed by atoms with E-state index in [1.807, 2.05) is 32.0 Å². The predicted octanol–water partition coefficient (Wildman–Crippen LogP) is 3.07. The number of hydrogen-bond acceptors (Lipinski definition) is 4. The summed E-state index contributed by atoms with van der Waals surface area (Å²) in [6.07, 6.45) is 2.05. The molecule has 0 heterocycles. The van der Waals surface area contributed by atoms with Crippen molar-refractivity contribution in [3.63, 3.8) is 0 Å². The van der Waals surface area contributed by atoms with Gasteiger partial charge in [0, 0.05) is 6.54 Å². The summed E-state index contributed by atoms with van der Waals surface area (Å²) in [5.41, 5.74) is 0.971. The SMILES string of the molecule is CCCCOc1cc(CN[C@@H](C(=O)O)C(C)C)ccc1OC. The van der Waals surface area contributed by atoms with Crippen molar-refractivity contribution < 1.29 is 19.4 Å². The maximum Gasteiger partial charge on any atom is 0.320 e. The first-order valence-electron chi connectivity index (χ1n) is 7.75. The van der Waals surface area contributed by atoms with Crippen LogP contribution in [0.2, 0.25) is 0 Å². The molecule has 0 saturated carbocycles. The standard InChI is InChI=1S/C17H27NO4/c1-5-6-9-22-15-10-13(7-8-14(15)21-4)11-18-16(12(2)3)17(19)20/h7-8,10,12,16,18H,5-6,9,11H2,1-4H3,(H,19,20)/t16-/m1/s1. The third-order valence-corrected chi connectivity index (χ3v) is 3.44. The van der Waals surface area contributed by atoms with Gasteiger partial charge in [0.15, 0.2) is 11.5 Å². The van der Waals surface area contributed by atoms with Crippen LogP contribution in [0.4, 0.5) is 0 Å². The number of aliphatic carboxylic acids is 1. The Kier molecular flexibility index (Phi) is 7.74. The van der Waals surface area contributed by atoms with Crippen molar-refractivity contribution in [3.05, 3.63) is 23.8 Å². The smallest absolute Gasteiger partial charge is 0.320 e. The molecule has 0 aliphatic carbocycles. The number of carboxylic acids is 1. The highest BCUT2D eigenvalue weighted by Gasteiger charge is 2.20. The van der Waals surface area contributed by atoms with Gasteiger partial charge in [-0.05, 0) is 30.0 Å². The van der Waals surface area contributed by atoms with E-state index in [9.17, 15) is 9.90 Å². The number of rotatable bonds is 10. The van der Waals surface area contributed by atoms with Crippen LogP contribution in [0.25, 0.3) is 0 Å². The topological polar surface area (TPSA) is 67.8 Å². The minimum absolute atomic E-state index is 0.0241. The van der Waals surface area contributed by atoms with Gasteiger partial charge in [-0.2, -0.15) is 0 Å². The lowest BCUT2D eigenvalue weighted by Crippen LogP contribution is -2.40. The summed E-state index contributed by atoms with van der Waals surface area (Å²) < 4.78 is 11.0. The number of methoxy groups -OCH3 is 1. The van der Waals surface area contributed by atoms with Gasteiger partial charge >= 0.3 is 5.97 Å². The summed E-state index contributed by atoms with van der Waals surface area (Å²) in [7, 11) is 1.61. The van der Waals surface area contributed by atoms with Gasteiger partial charge in [-0.1, -0.05) is 33.3 Å². The summed E-state index contributed by atoms with van der Waals surface area (Å²) >= 11 is 0. The molecule has 2 N–H and O–H groups in total. The lowest BCUT2D eigenvalue weighted by Gasteiger charge is -2.18. The second-order valence-corrected chi connectivity index (χ2v) is 5.63. The fourth-order valence-electron chi connectivity index (χ4n) is 2.11. The lowest BCUT2D eigenvalue weighted by atomic mass is 10.0. The summed E-state index contributed by atoms with van der Waals surface area (Å²) in [6, 6.07) is 5.11. The Hall–Kier alpha value is -1.75. The summed E-state index contributed by atoms with van der Waals surface area (Å²) in [5.74, 6) is 0.587. The molecule has 0 aromatic heterocycles. The predicted molar refractivity (Wildman–Crippen MR) is 86.5 cm³/mol. The normalized spacial score (nSPS) is 12.2. The van der Waals surface area contributed by atoms with Gasteiger partial charge in [0.05, 0.1) is 13.7 Å². The first-order valence-corrected chi connectivity index (χ1v) is 7.75. The van der Waals surface area contributed by atoms with E-state index in [4.69, 9.17) is 9.47 Å². The third-order valence-electron chi connectivity index (χ3n) is 3.44. The fraction of sp³-hybridized carbons (Fsp3) is 0.588. The first kappa shape index (κ1) is 18.3. The Labute approximate surface area is 132 Å². The quantitative estimate of drug-likeness (QED) is 0.650. The number of nitrogens with one attached hydrogen (secondary N) is 1. The van der Waals surface area contributed by atoms with E-state index in [1.165, 1.54) is 0 Å². The van der Waals surface area contributed by atoms with E-state index >= 15 is 0 Å². The Morgan fingerprint density at radius 3 is 2.59 bits per heavy atom. The van der Waals surface area contributed by atoms with Gasteiger partial charge in [-0.3, -0.25) is 4.79 Å². The van der Waals surface area contributed by atoms with Crippen LogP contribution in [0.1, 0.15) is 39.2 Å². The third kappa shape index (κ3) is 5.56. The van der Waals surface area contributed by atoms with E-state index < -0.39 is 12.0 Å². The highest BCUT2D eigenvalue weighted by atomic mass is 16.5. The van der Waals surface area contributed by atoms with Crippen molar-refractivity contribution >= 4 is 5.97 Å². The molecule has 124 valence electrons. The van der Waals surface area contributed by atoms with Gasteiger partial charge in [-0.15, -0.1) is 0 Å². The van der Waals surface area contributed by atoms with Crippen molar-refractivity contribution in [3.8, 4) is 11.5 Å². The molecule has 1 aromatic rings. The van der Waals surface area contributed by atoms with Gasteiger partial charge in [-0.25, -0.2) is 0 Å². The molecule has 5 nitrogen and oxygen atoms in total. The molecule has 5 heteroatoms. The number of unbranched alkanes of at least 4 members (excludes halogenated alkanes) is 1. The summed E-state index contributed by atoms with van der Waals surface area (Å²) in [5, 5.41) is 12.3. The van der Waals surface area contributed by atoms with Crippen molar-refractivity contribution in [1.29, 1.82) is 0 Å². The monoisotopic (exact) mass is 309 g/mol. The molecule has 0 radical (unpaired) electrons. The second kappa shape index (κ2) is 9.30. The Bertz CT molecular complexity index is 474. The molecule has 0 unspecified atom stereocenters. The largest absolute Gasteiger partial charge is 0.493 e. The average molecular weight is 309 g/mol. The zero-order chi connectivity index (χ0) is 16.5. The van der Waals surface area contributed by atoms with Crippen molar-refractivity contribution in [2.24, 2.45) is 5.92 Å². The van der Waals surface area contributed by atoms with E-state index in [-0.39, 0.29) is 5.92 Å². The molecular weight excluding hydrogens is 282 g/mol. The molecule has 1 aromatic carbocycles. The molecule has 0 aliphatic heterocycles. The van der Waals surface area contributed by atoms with Crippen LogP contribution in [0, 0.1) is 5.92 Å². The zero-order valence-corrected chi connectivity index (χ0v) is 13.9.